The molecular weight excluding hydrogens is 300 g/mol. The van der Waals surface area contributed by atoms with E-state index in [4.69, 9.17) is 15.6 Å². The Bertz CT molecular complexity index is 637. The molecule has 0 bridgehead atoms. The first-order chi connectivity index (χ1) is 11.8. The van der Waals surface area contributed by atoms with Gasteiger partial charge in [-0.15, -0.1) is 6.42 Å². The zero-order chi connectivity index (χ0) is 16.6. The Labute approximate surface area is 144 Å². The third-order valence-electron chi connectivity index (χ3n) is 4.32. The summed E-state index contributed by atoms with van der Waals surface area (Å²) in [5.41, 5.74) is 2.19. The first-order valence-corrected chi connectivity index (χ1v) is 8.44. The second-order valence-electron chi connectivity index (χ2n) is 6.09. The van der Waals surface area contributed by atoms with Gasteiger partial charge < -0.3 is 9.15 Å². The van der Waals surface area contributed by atoms with Crippen molar-refractivity contribution in [2.75, 3.05) is 39.4 Å². The van der Waals surface area contributed by atoms with Crippen LogP contribution >= 0.6 is 0 Å². The minimum Gasteiger partial charge on any atom is -0.468 e. The van der Waals surface area contributed by atoms with Crippen molar-refractivity contribution in [3.8, 4) is 12.3 Å². The predicted molar refractivity (Wildman–Crippen MR) is 94.5 cm³/mol. The van der Waals surface area contributed by atoms with Crippen LogP contribution in [0.2, 0.25) is 0 Å². The van der Waals surface area contributed by atoms with E-state index < -0.39 is 0 Å². The summed E-state index contributed by atoms with van der Waals surface area (Å²) >= 11 is 0. The molecule has 0 aliphatic carbocycles. The largest absolute Gasteiger partial charge is 0.468 e. The van der Waals surface area contributed by atoms with Gasteiger partial charge in [-0.1, -0.05) is 18.1 Å². The van der Waals surface area contributed by atoms with Crippen LogP contribution in [0.1, 0.15) is 16.9 Å². The Morgan fingerprint density at radius 2 is 1.88 bits per heavy atom. The van der Waals surface area contributed by atoms with Crippen molar-refractivity contribution in [2.45, 2.75) is 13.1 Å². The van der Waals surface area contributed by atoms with Crippen LogP contribution in [0.4, 0.5) is 0 Å². The summed E-state index contributed by atoms with van der Waals surface area (Å²) in [6.45, 7) is 7.46. The summed E-state index contributed by atoms with van der Waals surface area (Å²) in [5.74, 6) is 3.66. The Morgan fingerprint density at radius 3 is 2.54 bits per heavy atom. The molecule has 0 unspecified atom stereocenters. The van der Waals surface area contributed by atoms with Crippen molar-refractivity contribution >= 4 is 0 Å². The van der Waals surface area contributed by atoms with E-state index in [9.17, 15) is 0 Å². The van der Waals surface area contributed by atoms with E-state index in [1.54, 1.807) is 6.26 Å². The van der Waals surface area contributed by atoms with E-state index in [-0.39, 0.29) is 0 Å². The van der Waals surface area contributed by atoms with Crippen LogP contribution in [0.25, 0.3) is 0 Å². The molecule has 1 aliphatic rings. The second kappa shape index (κ2) is 8.70. The van der Waals surface area contributed by atoms with E-state index in [2.05, 4.69) is 27.9 Å². The summed E-state index contributed by atoms with van der Waals surface area (Å²) in [6.07, 6.45) is 7.17. The molecule has 0 atom stereocenters. The number of rotatable bonds is 7. The first kappa shape index (κ1) is 16.8. The van der Waals surface area contributed by atoms with E-state index in [0.717, 1.165) is 63.8 Å². The number of hydrogen-bond donors (Lipinski definition) is 0. The molecule has 2 aromatic rings. The number of hydrogen-bond acceptors (Lipinski definition) is 4. The van der Waals surface area contributed by atoms with E-state index in [1.807, 2.05) is 24.3 Å². The number of nitrogens with zero attached hydrogens (tertiary/aromatic N) is 2. The van der Waals surface area contributed by atoms with Gasteiger partial charge in [0.2, 0.25) is 0 Å². The standard InChI is InChI=1S/C20H24N2O2/c1-2-18-5-7-19(8-6-18)16-22(17-20-4-3-13-24-20)10-9-21-11-14-23-15-12-21/h1,3-8,13H,9-12,14-17H2. The fourth-order valence-electron chi connectivity index (χ4n) is 2.91. The smallest absolute Gasteiger partial charge is 0.117 e. The minimum absolute atomic E-state index is 0.814. The summed E-state index contributed by atoms with van der Waals surface area (Å²) < 4.78 is 11.0. The van der Waals surface area contributed by atoms with Gasteiger partial charge in [0.05, 0.1) is 26.0 Å². The highest BCUT2D eigenvalue weighted by Gasteiger charge is 2.14. The molecule has 3 rings (SSSR count). The van der Waals surface area contributed by atoms with Crippen molar-refractivity contribution in [1.82, 2.24) is 9.80 Å². The Morgan fingerprint density at radius 1 is 1.08 bits per heavy atom. The van der Waals surface area contributed by atoms with Crippen LogP contribution in [-0.2, 0) is 17.8 Å². The molecule has 1 aromatic carbocycles. The highest BCUT2D eigenvalue weighted by molar-refractivity contribution is 5.34. The molecular formula is C20H24N2O2. The van der Waals surface area contributed by atoms with Gasteiger partial charge in [-0.05, 0) is 29.8 Å². The van der Waals surface area contributed by atoms with E-state index in [0.29, 0.717) is 0 Å². The molecule has 0 amide bonds. The lowest BCUT2D eigenvalue weighted by Gasteiger charge is -2.29. The third-order valence-corrected chi connectivity index (χ3v) is 4.32. The average Bonchev–Trinajstić information content (AvgIpc) is 3.14. The minimum atomic E-state index is 0.814. The molecule has 4 heteroatoms. The molecule has 0 spiro atoms. The highest BCUT2D eigenvalue weighted by atomic mass is 16.5. The SMILES string of the molecule is C#Cc1ccc(CN(CCN2CCOCC2)Cc2ccco2)cc1. The van der Waals surface area contributed by atoms with Gasteiger partial charge in [0, 0.05) is 38.3 Å². The molecule has 1 fully saturated rings. The van der Waals surface area contributed by atoms with Gasteiger partial charge in [-0.2, -0.15) is 0 Å². The zero-order valence-corrected chi connectivity index (χ0v) is 14.0. The maximum absolute atomic E-state index is 5.53. The fraction of sp³-hybridized carbons (Fsp3) is 0.400. The zero-order valence-electron chi connectivity index (χ0n) is 14.0. The van der Waals surface area contributed by atoms with Gasteiger partial charge in [-0.3, -0.25) is 9.80 Å². The summed E-state index contributed by atoms with van der Waals surface area (Å²) in [7, 11) is 0. The lowest BCUT2D eigenvalue weighted by atomic mass is 10.1. The molecule has 24 heavy (non-hydrogen) atoms. The number of morpholine rings is 1. The van der Waals surface area contributed by atoms with E-state index >= 15 is 0 Å². The molecule has 126 valence electrons. The normalized spacial score (nSPS) is 15.5. The molecule has 4 nitrogen and oxygen atoms in total. The van der Waals surface area contributed by atoms with Crippen LogP contribution in [0.3, 0.4) is 0 Å². The van der Waals surface area contributed by atoms with Crippen molar-refractivity contribution in [1.29, 1.82) is 0 Å². The number of ether oxygens (including phenoxy) is 1. The van der Waals surface area contributed by atoms with Gasteiger partial charge >= 0.3 is 0 Å². The topological polar surface area (TPSA) is 28.9 Å². The quantitative estimate of drug-likeness (QED) is 0.732. The average molecular weight is 324 g/mol. The van der Waals surface area contributed by atoms with E-state index in [1.165, 1.54) is 5.56 Å². The predicted octanol–water partition coefficient (Wildman–Crippen LogP) is 2.60. The summed E-state index contributed by atoms with van der Waals surface area (Å²) in [6, 6.07) is 12.2. The van der Waals surface area contributed by atoms with Gasteiger partial charge in [0.1, 0.15) is 5.76 Å². The van der Waals surface area contributed by atoms with Gasteiger partial charge in [-0.25, -0.2) is 0 Å². The van der Waals surface area contributed by atoms with Crippen LogP contribution < -0.4 is 0 Å². The molecule has 1 aliphatic heterocycles. The summed E-state index contributed by atoms with van der Waals surface area (Å²) in [4.78, 5) is 4.87. The number of furan rings is 1. The second-order valence-corrected chi connectivity index (χ2v) is 6.09. The Hall–Kier alpha value is -2.06. The number of terminal acetylenes is 1. The maximum Gasteiger partial charge on any atom is 0.117 e. The van der Waals surface area contributed by atoms with Crippen molar-refractivity contribution in [2.24, 2.45) is 0 Å². The van der Waals surface area contributed by atoms with Crippen LogP contribution in [-0.4, -0.2) is 49.2 Å². The van der Waals surface area contributed by atoms with Crippen LogP contribution in [0, 0.1) is 12.3 Å². The third kappa shape index (κ3) is 4.97. The molecule has 0 saturated carbocycles. The molecule has 2 heterocycles. The molecule has 0 radical (unpaired) electrons. The lowest BCUT2D eigenvalue weighted by molar-refractivity contribution is 0.0321. The monoisotopic (exact) mass is 324 g/mol. The Kier molecular flexibility index (Phi) is 6.08. The lowest BCUT2D eigenvalue weighted by Crippen LogP contribution is -2.41. The summed E-state index contributed by atoms with van der Waals surface area (Å²) in [5, 5.41) is 0. The molecule has 1 saturated heterocycles. The number of benzene rings is 1. The van der Waals surface area contributed by atoms with Crippen LogP contribution in [0.5, 0.6) is 0 Å². The van der Waals surface area contributed by atoms with Crippen molar-refractivity contribution in [3.05, 3.63) is 59.5 Å². The van der Waals surface area contributed by atoms with Gasteiger partial charge in [0.15, 0.2) is 0 Å². The van der Waals surface area contributed by atoms with Crippen molar-refractivity contribution < 1.29 is 9.15 Å². The Balaban J connectivity index is 1.60. The molecule has 1 aromatic heterocycles. The molecule has 0 N–H and O–H groups in total. The fourth-order valence-corrected chi connectivity index (χ4v) is 2.91. The maximum atomic E-state index is 5.53. The first-order valence-electron chi connectivity index (χ1n) is 8.44. The van der Waals surface area contributed by atoms with Crippen LogP contribution in [0.15, 0.2) is 47.1 Å². The van der Waals surface area contributed by atoms with Gasteiger partial charge in [0.25, 0.3) is 0 Å². The van der Waals surface area contributed by atoms with Crippen molar-refractivity contribution in [3.63, 3.8) is 0 Å². The highest BCUT2D eigenvalue weighted by Crippen LogP contribution is 2.12.